The first-order chi connectivity index (χ1) is 8.50. The number of hydrogen-bond acceptors (Lipinski definition) is 3. The van der Waals surface area contributed by atoms with E-state index in [0.717, 1.165) is 30.9 Å². The molecule has 1 aromatic rings. The third-order valence-corrected chi connectivity index (χ3v) is 3.41. The lowest BCUT2D eigenvalue weighted by Crippen LogP contribution is -2.40. The Balaban J connectivity index is 2.11. The molecule has 1 fully saturated rings. The minimum Gasteiger partial charge on any atom is -0.495 e. The molecule has 0 bridgehead atoms. The first kappa shape index (κ1) is 13.2. The average Bonchev–Trinajstić information content (AvgIpc) is 2.28. The molecule has 0 spiro atoms. The molecule has 0 aliphatic carbocycles. The van der Waals surface area contributed by atoms with Gasteiger partial charge in [-0.3, -0.25) is 0 Å². The average molecular weight is 249 g/mol. The molecule has 1 saturated heterocycles. The van der Waals surface area contributed by atoms with Gasteiger partial charge in [0.05, 0.1) is 18.4 Å². The Hall–Kier alpha value is -1.22. The van der Waals surface area contributed by atoms with E-state index in [-0.39, 0.29) is 5.60 Å². The lowest BCUT2D eigenvalue weighted by molar-refractivity contribution is -0.0553. The molecule has 1 atom stereocenters. The maximum atomic E-state index is 5.74. The molecular weight excluding hydrogens is 226 g/mol. The van der Waals surface area contributed by atoms with E-state index in [4.69, 9.17) is 9.47 Å². The maximum absolute atomic E-state index is 5.74. The van der Waals surface area contributed by atoms with Crippen LogP contribution < -0.4 is 10.1 Å². The molecule has 1 aliphatic heterocycles. The van der Waals surface area contributed by atoms with E-state index in [9.17, 15) is 0 Å². The van der Waals surface area contributed by atoms with Crippen molar-refractivity contribution in [2.24, 2.45) is 0 Å². The van der Waals surface area contributed by atoms with E-state index in [2.05, 4.69) is 38.2 Å². The Morgan fingerprint density at radius 2 is 2.17 bits per heavy atom. The van der Waals surface area contributed by atoms with Crippen molar-refractivity contribution >= 4 is 5.69 Å². The molecule has 3 heteroatoms. The van der Waals surface area contributed by atoms with Gasteiger partial charge in [0.15, 0.2) is 0 Å². The monoisotopic (exact) mass is 249 g/mol. The van der Waals surface area contributed by atoms with Gasteiger partial charge in [-0.2, -0.15) is 0 Å². The second-order valence-electron chi connectivity index (χ2n) is 5.65. The Morgan fingerprint density at radius 1 is 1.39 bits per heavy atom. The molecule has 1 aromatic carbocycles. The molecule has 1 aliphatic rings. The van der Waals surface area contributed by atoms with Gasteiger partial charge in [0.1, 0.15) is 5.75 Å². The lowest BCUT2D eigenvalue weighted by atomic mass is 9.93. The quantitative estimate of drug-likeness (QED) is 0.891. The second kappa shape index (κ2) is 5.19. The third-order valence-electron chi connectivity index (χ3n) is 3.41. The summed E-state index contributed by atoms with van der Waals surface area (Å²) in [6.07, 6.45) is 2.06. The normalized spacial score (nSPS) is 22.6. The van der Waals surface area contributed by atoms with Gasteiger partial charge in [-0.25, -0.2) is 0 Å². The van der Waals surface area contributed by atoms with E-state index >= 15 is 0 Å². The summed E-state index contributed by atoms with van der Waals surface area (Å²) in [6, 6.07) is 6.67. The van der Waals surface area contributed by atoms with Gasteiger partial charge in [0.25, 0.3) is 0 Å². The molecule has 0 amide bonds. The molecule has 1 heterocycles. The van der Waals surface area contributed by atoms with Crippen LogP contribution in [0.2, 0.25) is 0 Å². The lowest BCUT2D eigenvalue weighted by Gasteiger charge is -2.36. The summed E-state index contributed by atoms with van der Waals surface area (Å²) in [5.74, 6) is 0.907. The first-order valence-electron chi connectivity index (χ1n) is 6.55. The minimum absolute atomic E-state index is 0.0347. The summed E-state index contributed by atoms with van der Waals surface area (Å²) in [7, 11) is 1.71. The molecule has 0 radical (unpaired) electrons. The summed E-state index contributed by atoms with van der Waals surface area (Å²) >= 11 is 0. The van der Waals surface area contributed by atoms with Gasteiger partial charge in [-0.1, -0.05) is 6.07 Å². The van der Waals surface area contributed by atoms with Gasteiger partial charge >= 0.3 is 0 Å². The molecule has 0 aromatic heterocycles. The van der Waals surface area contributed by atoms with Crippen molar-refractivity contribution in [2.75, 3.05) is 19.0 Å². The number of anilines is 1. The van der Waals surface area contributed by atoms with Crippen LogP contribution in [0.15, 0.2) is 18.2 Å². The van der Waals surface area contributed by atoms with Crippen LogP contribution in [-0.4, -0.2) is 25.4 Å². The zero-order valence-electron chi connectivity index (χ0n) is 11.7. The van der Waals surface area contributed by atoms with Gasteiger partial charge in [-0.05, 0) is 51.3 Å². The van der Waals surface area contributed by atoms with E-state index < -0.39 is 0 Å². The van der Waals surface area contributed by atoms with Crippen molar-refractivity contribution in [1.82, 2.24) is 0 Å². The van der Waals surface area contributed by atoms with Crippen LogP contribution in [-0.2, 0) is 4.74 Å². The van der Waals surface area contributed by atoms with Crippen LogP contribution in [0.1, 0.15) is 32.3 Å². The Bertz CT molecular complexity index is 415. The fourth-order valence-electron chi connectivity index (χ4n) is 2.51. The number of rotatable bonds is 3. The van der Waals surface area contributed by atoms with E-state index in [1.54, 1.807) is 7.11 Å². The smallest absolute Gasteiger partial charge is 0.141 e. The standard InChI is InChI=1S/C15H23NO2/c1-11-5-6-14(17-4)13(9-11)16-12-7-8-18-15(2,3)10-12/h5-6,9,12,16H,7-8,10H2,1-4H3. The van der Waals surface area contributed by atoms with Gasteiger partial charge < -0.3 is 14.8 Å². The topological polar surface area (TPSA) is 30.5 Å². The highest BCUT2D eigenvalue weighted by atomic mass is 16.5. The van der Waals surface area contributed by atoms with E-state index in [1.165, 1.54) is 5.56 Å². The summed E-state index contributed by atoms with van der Waals surface area (Å²) in [4.78, 5) is 0. The minimum atomic E-state index is -0.0347. The number of methoxy groups -OCH3 is 1. The summed E-state index contributed by atoms with van der Waals surface area (Å²) in [6.45, 7) is 7.21. The highest BCUT2D eigenvalue weighted by Crippen LogP contribution is 2.30. The summed E-state index contributed by atoms with van der Waals surface area (Å²) in [5.41, 5.74) is 2.29. The van der Waals surface area contributed by atoms with Gasteiger partial charge in [0, 0.05) is 12.6 Å². The Labute approximate surface area is 109 Å². The molecule has 18 heavy (non-hydrogen) atoms. The molecule has 2 rings (SSSR count). The fourth-order valence-corrected chi connectivity index (χ4v) is 2.51. The molecule has 1 unspecified atom stereocenters. The van der Waals surface area contributed by atoms with Crippen molar-refractivity contribution in [3.05, 3.63) is 23.8 Å². The molecule has 0 saturated carbocycles. The van der Waals surface area contributed by atoms with Crippen LogP contribution in [0.3, 0.4) is 0 Å². The maximum Gasteiger partial charge on any atom is 0.141 e. The largest absolute Gasteiger partial charge is 0.495 e. The van der Waals surface area contributed by atoms with E-state index in [0.29, 0.717) is 6.04 Å². The zero-order chi connectivity index (χ0) is 13.2. The van der Waals surface area contributed by atoms with Crippen LogP contribution in [0.25, 0.3) is 0 Å². The zero-order valence-corrected chi connectivity index (χ0v) is 11.7. The Kier molecular flexibility index (Phi) is 3.81. The van der Waals surface area contributed by atoms with Crippen LogP contribution in [0, 0.1) is 6.92 Å². The first-order valence-corrected chi connectivity index (χ1v) is 6.55. The summed E-state index contributed by atoms with van der Waals surface area (Å²) in [5, 5.41) is 3.59. The van der Waals surface area contributed by atoms with Crippen molar-refractivity contribution in [3.8, 4) is 5.75 Å². The molecular formula is C15H23NO2. The van der Waals surface area contributed by atoms with Gasteiger partial charge in [-0.15, -0.1) is 0 Å². The number of hydrogen-bond donors (Lipinski definition) is 1. The van der Waals surface area contributed by atoms with Gasteiger partial charge in [0.2, 0.25) is 0 Å². The molecule has 3 nitrogen and oxygen atoms in total. The number of benzene rings is 1. The number of ether oxygens (including phenoxy) is 2. The fraction of sp³-hybridized carbons (Fsp3) is 0.600. The van der Waals surface area contributed by atoms with Crippen LogP contribution in [0.5, 0.6) is 5.75 Å². The van der Waals surface area contributed by atoms with Crippen LogP contribution in [0.4, 0.5) is 5.69 Å². The number of nitrogens with one attached hydrogen (secondary N) is 1. The summed E-state index contributed by atoms with van der Waals surface area (Å²) < 4.78 is 11.1. The van der Waals surface area contributed by atoms with Crippen LogP contribution >= 0.6 is 0 Å². The van der Waals surface area contributed by atoms with Crippen molar-refractivity contribution in [3.63, 3.8) is 0 Å². The highest BCUT2D eigenvalue weighted by Gasteiger charge is 2.29. The third kappa shape index (κ3) is 3.16. The molecule has 1 N–H and O–H groups in total. The molecule has 100 valence electrons. The second-order valence-corrected chi connectivity index (χ2v) is 5.65. The van der Waals surface area contributed by atoms with E-state index in [1.807, 2.05) is 6.07 Å². The Morgan fingerprint density at radius 3 is 2.83 bits per heavy atom. The highest BCUT2D eigenvalue weighted by molar-refractivity contribution is 5.58. The SMILES string of the molecule is COc1ccc(C)cc1NC1CCOC(C)(C)C1. The van der Waals surface area contributed by atoms with Crippen molar-refractivity contribution < 1.29 is 9.47 Å². The van der Waals surface area contributed by atoms with Crippen molar-refractivity contribution in [1.29, 1.82) is 0 Å². The van der Waals surface area contributed by atoms with Crippen molar-refractivity contribution in [2.45, 2.75) is 45.3 Å². The predicted molar refractivity (Wildman–Crippen MR) is 74.4 cm³/mol. The predicted octanol–water partition coefficient (Wildman–Crippen LogP) is 3.37. The number of aryl methyl sites for hydroxylation is 1.